The molecule has 0 aliphatic heterocycles. The van der Waals surface area contributed by atoms with Crippen molar-refractivity contribution in [3.05, 3.63) is 170 Å². The molecule has 0 saturated heterocycles. The number of aliphatic hydroxyl groups is 2. The molecule has 0 saturated carbocycles. The van der Waals surface area contributed by atoms with Gasteiger partial charge < -0.3 is 34.2 Å². The van der Waals surface area contributed by atoms with Gasteiger partial charge in [0.1, 0.15) is 25.4 Å². The van der Waals surface area contributed by atoms with Crippen LogP contribution < -0.4 is 0 Å². The molecule has 99 heavy (non-hydrogen) atoms. The van der Waals surface area contributed by atoms with E-state index >= 15 is 0 Å². The molecule has 0 bridgehead atoms. The number of aliphatic hydroxyl groups excluding tert-OH is 2. The predicted octanol–water partition coefficient (Wildman–Crippen LogP) is 21.6. The van der Waals surface area contributed by atoms with Gasteiger partial charge in [0.05, 0.1) is 26.4 Å². The van der Waals surface area contributed by atoms with Gasteiger partial charge in [0.25, 0.3) is 0 Å². The van der Waals surface area contributed by atoms with Crippen LogP contribution in [0.15, 0.2) is 170 Å². The first kappa shape index (κ1) is 93.9. The zero-order valence-corrected chi connectivity index (χ0v) is 62.9. The van der Waals surface area contributed by atoms with E-state index in [2.05, 4.69) is 191 Å². The lowest BCUT2D eigenvalue weighted by atomic mass is 10.1. The van der Waals surface area contributed by atoms with Gasteiger partial charge in [-0.25, -0.2) is 9.13 Å². The fourth-order valence-corrected chi connectivity index (χ4v) is 10.8. The van der Waals surface area contributed by atoms with Crippen molar-refractivity contribution in [3.63, 3.8) is 0 Å². The molecule has 0 fully saturated rings. The summed E-state index contributed by atoms with van der Waals surface area (Å²) < 4.78 is 61.0. The number of ether oxygens (including phenoxy) is 3. The molecule has 5 unspecified atom stereocenters. The number of unbranched alkanes of at least 4 members (excludes halogenated alkanes) is 18. The van der Waals surface area contributed by atoms with Gasteiger partial charge in [0.2, 0.25) is 0 Å². The van der Waals surface area contributed by atoms with Crippen LogP contribution in [0.2, 0.25) is 0 Å². The molecule has 0 radical (unpaired) electrons. The number of hydrogen-bond donors (Lipinski definition) is 4. The Kier molecular flexibility index (Phi) is 69.0. The molecule has 0 heterocycles. The number of esters is 3. The zero-order valence-electron chi connectivity index (χ0n) is 61.1. The number of hydrogen-bond acceptors (Lipinski definition) is 14. The number of phosphoric ester groups is 2. The minimum absolute atomic E-state index is 0.0709. The molecule has 0 rings (SSSR count). The maximum absolute atomic E-state index is 13.0. The summed E-state index contributed by atoms with van der Waals surface area (Å²) in [4.78, 5) is 58.6. The van der Waals surface area contributed by atoms with Gasteiger partial charge in [-0.3, -0.25) is 32.5 Å². The summed E-state index contributed by atoms with van der Waals surface area (Å²) in [5.41, 5.74) is 0. The molecule has 18 heteroatoms. The van der Waals surface area contributed by atoms with E-state index in [0.717, 1.165) is 180 Å². The van der Waals surface area contributed by atoms with Gasteiger partial charge in [-0.15, -0.1) is 0 Å². The quantitative estimate of drug-likeness (QED) is 0.0146. The number of rotatable bonds is 69. The van der Waals surface area contributed by atoms with E-state index in [1.807, 2.05) is 0 Å². The lowest BCUT2D eigenvalue weighted by Gasteiger charge is -2.21. The highest BCUT2D eigenvalue weighted by Crippen LogP contribution is 2.45. The van der Waals surface area contributed by atoms with Crippen LogP contribution in [0.4, 0.5) is 0 Å². The summed E-state index contributed by atoms with van der Waals surface area (Å²) in [6, 6.07) is 0. The van der Waals surface area contributed by atoms with Gasteiger partial charge in [-0.1, -0.05) is 262 Å². The molecular weight excluding hydrogens is 1290 g/mol. The van der Waals surface area contributed by atoms with E-state index in [1.165, 1.54) is 25.7 Å². The maximum atomic E-state index is 13.0. The van der Waals surface area contributed by atoms with Crippen molar-refractivity contribution in [2.45, 2.75) is 283 Å². The van der Waals surface area contributed by atoms with Crippen molar-refractivity contribution in [2.24, 2.45) is 0 Å². The third-order valence-electron chi connectivity index (χ3n) is 14.9. The second kappa shape index (κ2) is 72.7. The average Bonchev–Trinajstić information content (AvgIpc) is 2.42. The Labute approximate surface area is 599 Å². The zero-order chi connectivity index (χ0) is 72.3. The number of carbonyl (C=O) groups is 3. The first-order valence-corrected chi connectivity index (χ1v) is 40.4. The summed E-state index contributed by atoms with van der Waals surface area (Å²) >= 11 is 0. The maximum Gasteiger partial charge on any atom is 0.472 e. The summed E-state index contributed by atoms with van der Waals surface area (Å²) in [6.07, 6.45) is 91.0. The summed E-state index contributed by atoms with van der Waals surface area (Å²) in [6.45, 7) is 2.32. The van der Waals surface area contributed by atoms with Crippen molar-refractivity contribution in [1.29, 1.82) is 0 Å². The Bertz CT molecular complexity index is 2480. The van der Waals surface area contributed by atoms with Crippen molar-refractivity contribution in [2.75, 3.05) is 39.6 Å². The molecule has 0 aromatic rings. The highest BCUT2D eigenvalue weighted by atomic mass is 31.2. The van der Waals surface area contributed by atoms with Crippen LogP contribution in [0, 0.1) is 0 Å². The number of phosphoric acid groups is 2. The van der Waals surface area contributed by atoms with E-state index in [9.17, 15) is 43.5 Å². The Hall–Kier alpha value is -5.09. The first-order valence-electron chi connectivity index (χ1n) is 37.4. The Balaban J connectivity index is 4.77. The minimum Gasteiger partial charge on any atom is -0.463 e. The van der Waals surface area contributed by atoms with Crippen molar-refractivity contribution >= 4 is 33.6 Å². The van der Waals surface area contributed by atoms with Gasteiger partial charge >= 0.3 is 33.6 Å². The Morgan fingerprint density at radius 3 is 0.869 bits per heavy atom. The fourth-order valence-electron chi connectivity index (χ4n) is 9.25. The third kappa shape index (κ3) is 73.9. The van der Waals surface area contributed by atoms with Gasteiger partial charge in [0, 0.05) is 19.3 Å². The van der Waals surface area contributed by atoms with E-state index in [1.54, 1.807) is 0 Å². The summed E-state index contributed by atoms with van der Waals surface area (Å²) in [5.74, 6) is -1.66. The summed E-state index contributed by atoms with van der Waals surface area (Å²) in [7, 11) is -9.82. The Morgan fingerprint density at radius 1 is 0.293 bits per heavy atom. The summed E-state index contributed by atoms with van der Waals surface area (Å²) in [5, 5.41) is 20.6. The Morgan fingerprint density at radius 2 is 0.535 bits per heavy atom. The average molecular weight is 1420 g/mol. The predicted molar refractivity (Wildman–Crippen MR) is 408 cm³/mol. The van der Waals surface area contributed by atoms with Gasteiger partial charge in [-0.2, -0.15) is 0 Å². The first-order chi connectivity index (χ1) is 48.2. The smallest absolute Gasteiger partial charge is 0.463 e. The van der Waals surface area contributed by atoms with Crippen LogP contribution >= 0.6 is 15.6 Å². The molecule has 5 atom stereocenters. The second-order valence-corrected chi connectivity index (χ2v) is 27.2. The number of allylic oxidation sites excluding steroid dienone is 28. The minimum atomic E-state index is -4.95. The highest BCUT2D eigenvalue weighted by molar-refractivity contribution is 7.47. The normalized spacial score (nSPS) is 15.0. The van der Waals surface area contributed by atoms with Gasteiger partial charge in [0.15, 0.2) is 6.10 Å². The van der Waals surface area contributed by atoms with Crippen LogP contribution in [0.25, 0.3) is 0 Å². The molecule has 4 N–H and O–H groups in total. The van der Waals surface area contributed by atoms with Crippen LogP contribution in [0.3, 0.4) is 0 Å². The number of carbonyl (C=O) groups excluding carboxylic acids is 3. The van der Waals surface area contributed by atoms with Crippen LogP contribution in [-0.2, 0) is 55.8 Å². The molecule has 0 amide bonds. The SMILES string of the molecule is CC/C=C\C/C=C\C/C=C\C/C=C\C/C=C\C/C=C\CCCCC(=O)OCC(COP(=O)(O)OCC(O)COP(=O)(O)OCC(O)COC(=O)CCCCCCCCC/C=C\C/C=C\C/C=C\C/C=C\CCCCC)OC(=O)CCCCCCCC/C=C\C/C=C\C/C=C\C/C=C\CC. The second-order valence-electron chi connectivity index (χ2n) is 24.3. The molecule has 0 aliphatic rings. The monoisotopic (exact) mass is 1420 g/mol. The molecular formula is C81H132O16P2. The van der Waals surface area contributed by atoms with E-state index in [-0.39, 0.29) is 19.3 Å². The van der Waals surface area contributed by atoms with Crippen molar-refractivity contribution in [3.8, 4) is 0 Å². The molecule has 0 aromatic carbocycles. The van der Waals surface area contributed by atoms with Crippen molar-refractivity contribution < 1.29 is 75.8 Å². The topological polar surface area (TPSA) is 231 Å². The van der Waals surface area contributed by atoms with Crippen LogP contribution in [-0.4, -0.2) is 95.9 Å². The standard InChI is InChI=1S/C81H132O16P2/c1-4-7-10-13-16-19-22-25-28-31-34-36-37-39-42-43-46-49-52-55-58-61-64-67-79(84)91-70-76(82)71-93-98(87,88)94-72-77(83)73-95-99(89,90)96-75-78(97-81(86)69-66-63-60-57-54-51-48-45-40-33-30-27-24-21-18-15-12-9-6-3)74-92-80(85)68-65-62-59-56-53-50-47-44-41-38-35-32-29-26-23-20-17-14-11-8-5-2/h8-9,11-12,16-21,25-30,34-36,38-40,42,44-45,47,53,56,76-78,82-83H,4-7,10,13-15,22-24,31-33,37,41,43,46,48-52,54-55,57-75H2,1-3H3,(H,87,88)(H,89,90)/b11-8-,12-9-,19-16-,20-17-,21-18-,28-25-,29-26-,30-27-,36-34-,38-35-,42-39-,45-40-,47-44-,56-53-. The van der Waals surface area contributed by atoms with Gasteiger partial charge in [-0.05, 0) is 154 Å². The van der Waals surface area contributed by atoms with E-state index in [0.29, 0.717) is 19.3 Å². The fraction of sp³-hybridized carbons (Fsp3) is 0.617. The molecule has 16 nitrogen and oxygen atoms in total. The molecule has 562 valence electrons. The van der Waals surface area contributed by atoms with Crippen LogP contribution in [0.5, 0.6) is 0 Å². The van der Waals surface area contributed by atoms with E-state index in [4.69, 9.17) is 32.3 Å². The van der Waals surface area contributed by atoms with Crippen molar-refractivity contribution in [1.82, 2.24) is 0 Å². The van der Waals surface area contributed by atoms with Crippen LogP contribution in [0.1, 0.15) is 265 Å². The largest absolute Gasteiger partial charge is 0.472 e. The highest BCUT2D eigenvalue weighted by Gasteiger charge is 2.29. The molecule has 0 aromatic heterocycles. The van der Waals surface area contributed by atoms with E-state index < -0.39 is 91.5 Å². The lowest BCUT2D eigenvalue weighted by molar-refractivity contribution is -0.161. The molecule has 0 aliphatic carbocycles. The molecule has 0 spiro atoms. The third-order valence-corrected chi connectivity index (χ3v) is 16.8. The lowest BCUT2D eigenvalue weighted by Crippen LogP contribution is -2.30.